The Morgan fingerprint density at radius 1 is 1.27 bits per heavy atom. The van der Waals surface area contributed by atoms with Gasteiger partial charge >= 0.3 is 6.18 Å². The van der Waals surface area contributed by atoms with Crippen molar-refractivity contribution in [2.75, 3.05) is 6.54 Å². The van der Waals surface area contributed by atoms with Gasteiger partial charge in [-0.1, -0.05) is 23.7 Å². The molecule has 0 bridgehead atoms. The average Bonchev–Trinajstić information content (AvgIpc) is 2.14. The van der Waals surface area contributed by atoms with Crippen molar-refractivity contribution in [1.82, 2.24) is 5.32 Å². The fourth-order valence-electron chi connectivity index (χ4n) is 1.14. The average molecular weight is 238 g/mol. The van der Waals surface area contributed by atoms with Crippen molar-refractivity contribution in [2.24, 2.45) is 0 Å². The maximum Gasteiger partial charge on any atom is 0.401 e. The monoisotopic (exact) mass is 237 g/mol. The molecule has 0 aliphatic heterocycles. The molecule has 1 aromatic rings. The van der Waals surface area contributed by atoms with Gasteiger partial charge in [-0.2, -0.15) is 13.2 Å². The summed E-state index contributed by atoms with van der Waals surface area (Å²) in [5.74, 6) is 0. The van der Waals surface area contributed by atoms with Gasteiger partial charge in [0.1, 0.15) is 0 Å². The highest BCUT2D eigenvalue weighted by Crippen LogP contribution is 2.18. The molecule has 0 spiro atoms. The second kappa shape index (κ2) is 4.86. The van der Waals surface area contributed by atoms with Crippen molar-refractivity contribution in [1.29, 1.82) is 0 Å². The summed E-state index contributed by atoms with van der Waals surface area (Å²) in [6.07, 6.45) is -4.18. The van der Waals surface area contributed by atoms with Gasteiger partial charge in [0.25, 0.3) is 0 Å². The van der Waals surface area contributed by atoms with Crippen LogP contribution in [0, 0.1) is 0 Å². The van der Waals surface area contributed by atoms with Gasteiger partial charge in [-0.15, -0.1) is 0 Å². The molecule has 0 amide bonds. The molecule has 1 N–H and O–H groups in total. The number of rotatable bonds is 3. The zero-order valence-corrected chi connectivity index (χ0v) is 8.86. The van der Waals surface area contributed by atoms with Crippen LogP contribution >= 0.6 is 11.6 Å². The van der Waals surface area contributed by atoms with Crippen LogP contribution in [0.1, 0.15) is 18.5 Å². The maximum absolute atomic E-state index is 11.9. The first-order valence-electron chi connectivity index (χ1n) is 4.44. The molecule has 1 atom stereocenters. The number of halogens is 4. The van der Waals surface area contributed by atoms with E-state index in [1.807, 2.05) is 0 Å². The summed E-state index contributed by atoms with van der Waals surface area (Å²) in [4.78, 5) is 0. The van der Waals surface area contributed by atoms with Crippen molar-refractivity contribution in [3.05, 3.63) is 34.9 Å². The highest BCUT2D eigenvalue weighted by molar-refractivity contribution is 6.30. The Morgan fingerprint density at radius 2 is 1.80 bits per heavy atom. The van der Waals surface area contributed by atoms with Gasteiger partial charge in [-0.25, -0.2) is 0 Å². The minimum absolute atomic E-state index is 0.344. The summed E-state index contributed by atoms with van der Waals surface area (Å²) in [5, 5.41) is 2.96. The van der Waals surface area contributed by atoms with E-state index in [4.69, 9.17) is 11.6 Å². The van der Waals surface area contributed by atoms with E-state index in [1.54, 1.807) is 31.2 Å². The third-order valence-corrected chi connectivity index (χ3v) is 2.23. The molecule has 5 heteroatoms. The Morgan fingerprint density at radius 3 is 2.27 bits per heavy atom. The first-order chi connectivity index (χ1) is 6.88. The lowest BCUT2D eigenvalue weighted by atomic mass is 10.1. The van der Waals surface area contributed by atoms with Crippen molar-refractivity contribution >= 4 is 11.6 Å². The first kappa shape index (κ1) is 12.3. The minimum atomic E-state index is -4.18. The summed E-state index contributed by atoms with van der Waals surface area (Å²) in [6.45, 7) is 0.686. The van der Waals surface area contributed by atoms with Gasteiger partial charge in [0, 0.05) is 11.1 Å². The highest BCUT2D eigenvalue weighted by atomic mass is 35.5. The summed E-state index contributed by atoms with van der Waals surface area (Å²) >= 11 is 5.67. The van der Waals surface area contributed by atoms with E-state index in [0.29, 0.717) is 5.02 Å². The second-order valence-corrected chi connectivity index (χ2v) is 3.71. The molecule has 15 heavy (non-hydrogen) atoms. The SMILES string of the molecule is CC(NCC(F)(F)F)c1ccc(Cl)cc1. The zero-order valence-electron chi connectivity index (χ0n) is 8.11. The quantitative estimate of drug-likeness (QED) is 0.848. The van der Waals surface area contributed by atoms with E-state index in [0.717, 1.165) is 5.56 Å². The molecule has 84 valence electrons. The lowest BCUT2D eigenvalue weighted by Crippen LogP contribution is -2.30. The van der Waals surface area contributed by atoms with Crippen LogP contribution in [0.5, 0.6) is 0 Å². The van der Waals surface area contributed by atoms with E-state index in [-0.39, 0.29) is 6.04 Å². The molecule has 0 aliphatic carbocycles. The predicted molar refractivity (Wildman–Crippen MR) is 53.9 cm³/mol. The number of hydrogen-bond acceptors (Lipinski definition) is 1. The van der Waals surface area contributed by atoms with Gasteiger partial charge in [-0.05, 0) is 24.6 Å². The number of benzene rings is 1. The molecule has 0 saturated carbocycles. The Bertz CT molecular complexity index is 307. The molecule has 0 fully saturated rings. The molecule has 0 aromatic heterocycles. The van der Waals surface area contributed by atoms with Crippen LogP contribution < -0.4 is 5.32 Å². The Labute approximate surface area is 91.2 Å². The Hall–Kier alpha value is -0.740. The van der Waals surface area contributed by atoms with Crippen molar-refractivity contribution in [3.63, 3.8) is 0 Å². The van der Waals surface area contributed by atoms with E-state index in [2.05, 4.69) is 5.32 Å². The Kier molecular flexibility index (Phi) is 3.99. The first-order valence-corrected chi connectivity index (χ1v) is 4.82. The molecule has 0 heterocycles. The molecule has 1 aromatic carbocycles. The van der Waals surface area contributed by atoms with Gasteiger partial charge in [0.2, 0.25) is 0 Å². The van der Waals surface area contributed by atoms with Crippen molar-refractivity contribution < 1.29 is 13.2 Å². The molecule has 1 unspecified atom stereocenters. The van der Waals surface area contributed by atoms with Crippen LogP contribution in [0.3, 0.4) is 0 Å². The highest BCUT2D eigenvalue weighted by Gasteiger charge is 2.27. The zero-order chi connectivity index (χ0) is 11.5. The summed E-state index contributed by atoms with van der Waals surface area (Å²) in [5.41, 5.74) is 0.781. The van der Waals surface area contributed by atoms with E-state index < -0.39 is 12.7 Å². The number of alkyl halides is 3. The molecule has 0 radical (unpaired) electrons. The predicted octanol–water partition coefficient (Wildman–Crippen LogP) is 3.55. The molecule has 1 nitrogen and oxygen atoms in total. The number of hydrogen-bond donors (Lipinski definition) is 1. The van der Waals surface area contributed by atoms with Crippen LogP contribution in [0.4, 0.5) is 13.2 Å². The third-order valence-electron chi connectivity index (χ3n) is 1.98. The normalized spacial score (nSPS) is 13.9. The summed E-state index contributed by atoms with van der Waals surface area (Å²) in [6, 6.07) is 6.38. The van der Waals surface area contributed by atoms with Gasteiger partial charge in [0.05, 0.1) is 6.54 Å². The van der Waals surface area contributed by atoms with Crippen LogP contribution in [-0.4, -0.2) is 12.7 Å². The molecule has 1 rings (SSSR count). The van der Waals surface area contributed by atoms with Gasteiger partial charge < -0.3 is 5.32 Å². The molecular formula is C10H11ClF3N. The minimum Gasteiger partial charge on any atom is -0.302 e. The summed E-state index contributed by atoms with van der Waals surface area (Å²) < 4.78 is 35.7. The van der Waals surface area contributed by atoms with E-state index in [9.17, 15) is 13.2 Å². The van der Waals surface area contributed by atoms with Crippen LogP contribution in [0.25, 0.3) is 0 Å². The molecule has 0 saturated heterocycles. The van der Waals surface area contributed by atoms with Gasteiger partial charge in [-0.3, -0.25) is 0 Å². The molecular weight excluding hydrogens is 227 g/mol. The van der Waals surface area contributed by atoms with Crippen molar-refractivity contribution in [3.8, 4) is 0 Å². The topological polar surface area (TPSA) is 12.0 Å². The van der Waals surface area contributed by atoms with E-state index in [1.165, 1.54) is 0 Å². The standard InChI is InChI=1S/C10H11ClF3N/c1-7(15-6-10(12,13)14)8-2-4-9(11)5-3-8/h2-5,7,15H,6H2,1H3. The number of nitrogens with one attached hydrogen (secondary N) is 1. The molecule has 0 aliphatic rings. The van der Waals surface area contributed by atoms with Crippen LogP contribution in [-0.2, 0) is 0 Å². The van der Waals surface area contributed by atoms with E-state index >= 15 is 0 Å². The lowest BCUT2D eigenvalue weighted by molar-refractivity contribution is -0.126. The summed E-state index contributed by atoms with van der Waals surface area (Å²) in [7, 11) is 0. The van der Waals surface area contributed by atoms with Gasteiger partial charge in [0.15, 0.2) is 0 Å². The third kappa shape index (κ3) is 4.53. The second-order valence-electron chi connectivity index (χ2n) is 3.27. The smallest absolute Gasteiger partial charge is 0.302 e. The fourth-order valence-corrected chi connectivity index (χ4v) is 1.26. The fraction of sp³-hybridized carbons (Fsp3) is 0.400. The van der Waals surface area contributed by atoms with Crippen molar-refractivity contribution in [2.45, 2.75) is 19.1 Å². The Balaban J connectivity index is 2.54. The lowest BCUT2D eigenvalue weighted by Gasteiger charge is -2.15. The van der Waals surface area contributed by atoms with Crippen LogP contribution in [0.15, 0.2) is 24.3 Å². The largest absolute Gasteiger partial charge is 0.401 e. The van der Waals surface area contributed by atoms with Crippen LogP contribution in [0.2, 0.25) is 5.02 Å². The maximum atomic E-state index is 11.9.